The third kappa shape index (κ3) is 4.68. The molecular formula is C46H28N6. The summed E-state index contributed by atoms with van der Waals surface area (Å²) in [6.45, 7) is 7.47. The van der Waals surface area contributed by atoms with E-state index in [2.05, 4.69) is 98.9 Å². The van der Waals surface area contributed by atoms with E-state index in [1.165, 1.54) is 16.2 Å². The van der Waals surface area contributed by atoms with Gasteiger partial charge in [0.25, 0.3) is 0 Å². The molecule has 0 unspecified atom stereocenters. The highest BCUT2D eigenvalue weighted by Gasteiger charge is 2.21. The molecule has 52 heavy (non-hydrogen) atoms. The molecule has 6 nitrogen and oxygen atoms in total. The maximum Gasteiger partial charge on any atom is 0.187 e. The Labute approximate surface area is 299 Å². The molecule has 10 aromatic rings. The van der Waals surface area contributed by atoms with E-state index in [-0.39, 0.29) is 0 Å². The van der Waals surface area contributed by atoms with Gasteiger partial charge in [0.05, 0.1) is 28.6 Å². The molecule has 0 aliphatic carbocycles. The van der Waals surface area contributed by atoms with Crippen LogP contribution in [0.25, 0.3) is 94.0 Å². The third-order valence-corrected chi connectivity index (χ3v) is 9.77. The van der Waals surface area contributed by atoms with Crippen LogP contribution < -0.4 is 0 Å². The van der Waals surface area contributed by atoms with E-state index in [1.54, 1.807) is 0 Å². The van der Waals surface area contributed by atoms with Crippen molar-refractivity contribution in [2.75, 3.05) is 0 Å². The molecule has 6 heteroatoms. The van der Waals surface area contributed by atoms with Crippen LogP contribution in [0.4, 0.5) is 5.69 Å². The van der Waals surface area contributed by atoms with Crippen molar-refractivity contribution in [2.45, 2.75) is 0 Å². The van der Waals surface area contributed by atoms with Crippen LogP contribution in [0.5, 0.6) is 0 Å². The van der Waals surface area contributed by atoms with Crippen LogP contribution in [0, 0.1) is 6.57 Å². The van der Waals surface area contributed by atoms with E-state index in [9.17, 15) is 0 Å². The number of benzene rings is 7. The molecule has 10 rings (SSSR count). The van der Waals surface area contributed by atoms with Crippen LogP contribution in [-0.2, 0) is 0 Å². The molecule has 3 heterocycles. The van der Waals surface area contributed by atoms with Gasteiger partial charge in [0, 0.05) is 49.6 Å². The molecule has 0 aliphatic rings. The lowest BCUT2D eigenvalue weighted by molar-refractivity contribution is 1.07. The van der Waals surface area contributed by atoms with Gasteiger partial charge in [-0.05, 0) is 42.5 Å². The zero-order valence-corrected chi connectivity index (χ0v) is 27.8. The fourth-order valence-electron chi connectivity index (χ4n) is 7.45. The Morgan fingerprint density at radius 1 is 0.404 bits per heavy atom. The van der Waals surface area contributed by atoms with E-state index >= 15 is 0 Å². The van der Waals surface area contributed by atoms with Gasteiger partial charge in [-0.25, -0.2) is 19.8 Å². The normalized spacial score (nSPS) is 11.4. The third-order valence-electron chi connectivity index (χ3n) is 9.77. The van der Waals surface area contributed by atoms with Gasteiger partial charge in [-0.2, -0.15) is 0 Å². The van der Waals surface area contributed by atoms with E-state index in [1.807, 2.05) is 84.9 Å². The predicted molar refractivity (Wildman–Crippen MR) is 211 cm³/mol. The second-order valence-corrected chi connectivity index (χ2v) is 12.8. The van der Waals surface area contributed by atoms with E-state index < -0.39 is 0 Å². The molecule has 0 fully saturated rings. The Morgan fingerprint density at radius 3 is 1.62 bits per heavy atom. The lowest BCUT2D eigenvalue weighted by Gasteiger charge is -2.12. The van der Waals surface area contributed by atoms with E-state index in [4.69, 9.17) is 21.5 Å². The highest BCUT2D eigenvalue weighted by Crippen LogP contribution is 2.42. The minimum absolute atomic E-state index is 0.611. The van der Waals surface area contributed by atoms with Gasteiger partial charge in [0.1, 0.15) is 0 Å². The average molecular weight is 665 g/mol. The van der Waals surface area contributed by atoms with E-state index in [0.717, 1.165) is 55.5 Å². The first-order valence-corrected chi connectivity index (χ1v) is 17.2. The SMILES string of the molecule is [C-]#[N+]c1ccc(-n2c3ccccc3c3c2ccc2c4ccccc4n(-c4cccc(-c5nc(-c6ccccc6)nc(-c6ccccc6)n5)c4)c23)cc1. The van der Waals surface area contributed by atoms with Crippen molar-refractivity contribution in [2.24, 2.45) is 0 Å². The minimum atomic E-state index is 0.611. The molecule has 7 aromatic carbocycles. The van der Waals surface area contributed by atoms with Crippen LogP contribution in [0.1, 0.15) is 0 Å². The van der Waals surface area contributed by atoms with Crippen molar-refractivity contribution in [1.29, 1.82) is 0 Å². The van der Waals surface area contributed by atoms with Gasteiger partial charge in [-0.15, -0.1) is 0 Å². The maximum atomic E-state index is 7.47. The Balaban J connectivity index is 1.24. The van der Waals surface area contributed by atoms with Crippen LogP contribution in [0.3, 0.4) is 0 Å². The van der Waals surface area contributed by atoms with Crippen molar-refractivity contribution in [3.8, 4) is 45.5 Å². The van der Waals surface area contributed by atoms with Crippen molar-refractivity contribution in [3.63, 3.8) is 0 Å². The average Bonchev–Trinajstić information content (AvgIpc) is 3.74. The number of aromatic nitrogens is 5. The van der Waals surface area contributed by atoms with Crippen molar-refractivity contribution < 1.29 is 0 Å². The molecule has 242 valence electrons. The Morgan fingerprint density at radius 2 is 0.962 bits per heavy atom. The fraction of sp³-hybridized carbons (Fsp3) is 0. The topological polar surface area (TPSA) is 52.9 Å². The molecule has 0 atom stereocenters. The van der Waals surface area contributed by atoms with Crippen LogP contribution in [-0.4, -0.2) is 24.1 Å². The summed E-state index contributed by atoms with van der Waals surface area (Å²) in [5.41, 5.74) is 9.87. The first-order valence-electron chi connectivity index (χ1n) is 17.2. The molecule has 0 radical (unpaired) electrons. The lowest BCUT2D eigenvalue weighted by Crippen LogP contribution is -2.01. The van der Waals surface area contributed by atoms with Gasteiger partial charge in [0.15, 0.2) is 23.2 Å². The van der Waals surface area contributed by atoms with Gasteiger partial charge in [-0.3, -0.25) is 0 Å². The van der Waals surface area contributed by atoms with Crippen LogP contribution in [0.2, 0.25) is 0 Å². The maximum absolute atomic E-state index is 7.47. The quantitative estimate of drug-likeness (QED) is 0.172. The summed E-state index contributed by atoms with van der Waals surface area (Å²) in [7, 11) is 0. The highest BCUT2D eigenvalue weighted by atomic mass is 15.0. The number of nitrogens with zero attached hydrogens (tertiary/aromatic N) is 6. The standard InChI is InChI=1S/C46H28N6/c1-47-33-23-25-34(26-24-33)51-40-22-11-9-20-38(40)42-41(51)28-27-37-36-19-8-10-21-39(36)52(43(37)42)35-18-12-17-32(29-35)46-49-44(30-13-4-2-5-14-30)48-45(50-46)31-15-6-3-7-16-31/h2-29H. The van der Waals surface area contributed by atoms with Gasteiger partial charge in [-0.1, -0.05) is 127 Å². The molecule has 0 N–H and O–H groups in total. The zero-order chi connectivity index (χ0) is 34.6. The fourth-order valence-corrected chi connectivity index (χ4v) is 7.45. The smallest absolute Gasteiger partial charge is 0.187 e. The number of hydrogen-bond donors (Lipinski definition) is 0. The molecule has 3 aromatic heterocycles. The molecule has 0 aliphatic heterocycles. The number of fused-ring (bicyclic) bond motifs is 7. The Kier molecular flexibility index (Phi) is 6.76. The summed E-state index contributed by atoms with van der Waals surface area (Å²) in [6.07, 6.45) is 0. The van der Waals surface area contributed by atoms with Crippen molar-refractivity contribution in [3.05, 3.63) is 181 Å². The minimum Gasteiger partial charge on any atom is -0.309 e. The first-order chi connectivity index (χ1) is 25.7. The second-order valence-electron chi connectivity index (χ2n) is 12.8. The van der Waals surface area contributed by atoms with Gasteiger partial charge in [0.2, 0.25) is 0 Å². The lowest BCUT2D eigenvalue weighted by atomic mass is 10.1. The number of para-hydroxylation sites is 2. The molecule has 0 bridgehead atoms. The number of hydrogen-bond acceptors (Lipinski definition) is 3. The molecule has 0 amide bonds. The van der Waals surface area contributed by atoms with Crippen LogP contribution >= 0.6 is 0 Å². The monoisotopic (exact) mass is 664 g/mol. The summed E-state index contributed by atoms with van der Waals surface area (Å²) in [6, 6.07) is 58.1. The number of rotatable bonds is 5. The highest BCUT2D eigenvalue weighted by molar-refractivity contribution is 6.26. The summed E-state index contributed by atoms with van der Waals surface area (Å²) in [4.78, 5) is 18.6. The van der Waals surface area contributed by atoms with Crippen LogP contribution in [0.15, 0.2) is 170 Å². The zero-order valence-electron chi connectivity index (χ0n) is 27.8. The van der Waals surface area contributed by atoms with Crippen molar-refractivity contribution in [1.82, 2.24) is 24.1 Å². The van der Waals surface area contributed by atoms with Crippen molar-refractivity contribution >= 4 is 49.3 Å². The molecule has 0 saturated carbocycles. The largest absolute Gasteiger partial charge is 0.309 e. The van der Waals surface area contributed by atoms with Gasteiger partial charge < -0.3 is 9.13 Å². The molecule has 0 spiro atoms. The van der Waals surface area contributed by atoms with Gasteiger partial charge >= 0.3 is 0 Å². The summed E-state index contributed by atoms with van der Waals surface area (Å²) in [5.74, 6) is 1.87. The molecular weight excluding hydrogens is 637 g/mol. The molecule has 0 saturated heterocycles. The second kappa shape index (κ2) is 11.9. The summed E-state index contributed by atoms with van der Waals surface area (Å²) in [5, 5.41) is 4.69. The summed E-state index contributed by atoms with van der Waals surface area (Å²) >= 11 is 0. The predicted octanol–water partition coefficient (Wildman–Crippen LogP) is 11.6. The first kappa shape index (κ1) is 29.5. The Hall–Kier alpha value is -7.36. The summed E-state index contributed by atoms with van der Waals surface area (Å²) < 4.78 is 4.68. The van der Waals surface area contributed by atoms with E-state index in [0.29, 0.717) is 23.2 Å². The Bertz CT molecular complexity index is 2950.